The number of anilines is 1. The number of benzene rings is 1. The van der Waals surface area contributed by atoms with Gasteiger partial charge in [-0.05, 0) is 30.2 Å². The molecule has 0 bridgehead atoms. The van der Waals surface area contributed by atoms with Crippen LogP contribution in [0.1, 0.15) is 34.3 Å². The number of rotatable bonds is 3. The topological polar surface area (TPSA) is 67.2 Å². The van der Waals surface area contributed by atoms with Gasteiger partial charge in [-0.25, -0.2) is 9.37 Å². The summed E-state index contributed by atoms with van der Waals surface area (Å²) >= 11 is 0. The molecule has 2 aromatic rings. The van der Waals surface area contributed by atoms with Gasteiger partial charge in [-0.2, -0.15) is 0 Å². The van der Waals surface area contributed by atoms with Gasteiger partial charge in [0.15, 0.2) is 12.1 Å². The van der Waals surface area contributed by atoms with Crippen LogP contribution < -0.4 is 10.6 Å². The molecule has 23 heavy (non-hydrogen) atoms. The van der Waals surface area contributed by atoms with Crippen molar-refractivity contribution in [2.75, 3.05) is 11.9 Å². The average molecular weight is 362 g/mol. The Morgan fingerprint density at radius 1 is 1.43 bits per heavy atom. The molecule has 0 saturated heterocycles. The fourth-order valence-electron chi connectivity index (χ4n) is 2.52. The summed E-state index contributed by atoms with van der Waals surface area (Å²) in [6.45, 7) is 3.26. The Bertz CT molecular complexity index is 691. The molecule has 126 valence electrons. The van der Waals surface area contributed by atoms with Gasteiger partial charge in [0.1, 0.15) is 11.6 Å². The summed E-state index contributed by atoms with van der Waals surface area (Å²) in [4.78, 5) is 16.1. The molecule has 1 amide bonds. The lowest BCUT2D eigenvalue weighted by Gasteiger charge is -2.19. The van der Waals surface area contributed by atoms with E-state index in [4.69, 9.17) is 4.42 Å². The maximum absolute atomic E-state index is 14.5. The zero-order valence-corrected chi connectivity index (χ0v) is 14.2. The van der Waals surface area contributed by atoms with Crippen LogP contribution in [0.5, 0.6) is 0 Å². The number of hydrogen-bond donors (Lipinski definition) is 2. The van der Waals surface area contributed by atoms with E-state index in [1.54, 1.807) is 6.07 Å². The van der Waals surface area contributed by atoms with Crippen LogP contribution >= 0.6 is 24.8 Å². The minimum atomic E-state index is -0.451. The third-order valence-corrected chi connectivity index (χ3v) is 3.63. The molecular weight excluding hydrogens is 344 g/mol. The SMILES string of the molecule is CCc1ocnc1C(=O)Nc1ccc2c(c1F)CCNC2.Cl.Cl. The second-order valence-corrected chi connectivity index (χ2v) is 4.92. The van der Waals surface area contributed by atoms with Gasteiger partial charge in [-0.15, -0.1) is 24.8 Å². The minimum absolute atomic E-state index is 0. The van der Waals surface area contributed by atoms with Crippen molar-refractivity contribution in [2.24, 2.45) is 0 Å². The fourth-order valence-corrected chi connectivity index (χ4v) is 2.52. The van der Waals surface area contributed by atoms with Crippen LogP contribution in [0, 0.1) is 5.82 Å². The van der Waals surface area contributed by atoms with Gasteiger partial charge in [0.25, 0.3) is 5.91 Å². The number of halogens is 3. The zero-order chi connectivity index (χ0) is 14.8. The lowest BCUT2D eigenvalue weighted by molar-refractivity contribution is 0.102. The van der Waals surface area contributed by atoms with E-state index in [0.717, 1.165) is 12.1 Å². The molecular formula is C15H18Cl2FN3O2. The molecule has 0 atom stereocenters. The van der Waals surface area contributed by atoms with Gasteiger partial charge < -0.3 is 15.1 Å². The van der Waals surface area contributed by atoms with Gasteiger partial charge in [-0.1, -0.05) is 13.0 Å². The average Bonchev–Trinajstić information content (AvgIpc) is 2.99. The Kier molecular flexibility index (Phi) is 7.00. The Balaban J connectivity index is 0.00000132. The first-order valence-electron chi connectivity index (χ1n) is 6.95. The number of nitrogens with one attached hydrogen (secondary N) is 2. The molecule has 0 unspecified atom stereocenters. The van der Waals surface area contributed by atoms with E-state index >= 15 is 0 Å². The minimum Gasteiger partial charge on any atom is -0.448 e. The van der Waals surface area contributed by atoms with Crippen LogP contribution in [0.2, 0.25) is 0 Å². The van der Waals surface area contributed by atoms with E-state index in [-0.39, 0.29) is 42.0 Å². The van der Waals surface area contributed by atoms with Crippen LogP contribution in [-0.2, 0) is 19.4 Å². The molecule has 0 saturated carbocycles. The fraction of sp³-hybridized carbons (Fsp3) is 0.333. The van der Waals surface area contributed by atoms with Crippen molar-refractivity contribution in [1.29, 1.82) is 0 Å². The molecule has 0 aliphatic carbocycles. The molecule has 0 fully saturated rings. The predicted molar refractivity (Wildman–Crippen MR) is 90.1 cm³/mol. The zero-order valence-electron chi connectivity index (χ0n) is 12.5. The van der Waals surface area contributed by atoms with Crippen molar-refractivity contribution in [1.82, 2.24) is 10.3 Å². The highest BCUT2D eigenvalue weighted by atomic mass is 35.5. The molecule has 0 radical (unpaired) electrons. The number of amides is 1. The van der Waals surface area contributed by atoms with Gasteiger partial charge in [0.2, 0.25) is 0 Å². The van der Waals surface area contributed by atoms with Gasteiger partial charge >= 0.3 is 0 Å². The van der Waals surface area contributed by atoms with E-state index in [2.05, 4.69) is 15.6 Å². The van der Waals surface area contributed by atoms with Crippen molar-refractivity contribution < 1.29 is 13.6 Å². The second kappa shape index (κ2) is 8.29. The smallest absolute Gasteiger partial charge is 0.277 e. The lowest BCUT2D eigenvalue weighted by atomic mass is 9.99. The highest BCUT2D eigenvalue weighted by molar-refractivity contribution is 6.03. The molecule has 1 aromatic heterocycles. The van der Waals surface area contributed by atoms with Crippen molar-refractivity contribution >= 4 is 36.4 Å². The Hall–Kier alpha value is -1.63. The number of carbonyl (C=O) groups excluding carboxylic acids is 1. The molecule has 5 nitrogen and oxygen atoms in total. The van der Waals surface area contributed by atoms with Crippen LogP contribution in [0.25, 0.3) is 0 Å². The molecule has 1 aliphatic rings. The Morgan fingerprint density at radius 2 is 2.22 bits per heavy atom. The van der Waals surface area contributed by atoms with E-state index in [0.29, 0.717) is 30.7 Å². The van der Waals surface area contributed by atoms with Crippen molar-refractivity contribution in [3.05, 3.63) is 46.9 Å². The third kappa shape index (κ3) is 3.83. The summed E-state index contributed by atoms with van der Waals surface area (Å²) in [6.07, 6.45) is 2.40. The Labute approximate surface area is 145 Å². The van der Waals surface area contributed by atoms with Crippen LogP contribution in [-0.4, -0.2) is 17.4 Å². The second-order valence-electron chi connectivity index (χ2n) is 4.92. The van der Waals surface area contributed by atoms with E-state index in [1.807, 2.05) is 13.0 Å². The highest BCUT2D eigenvalue weighted by Gasteiger charge is 2.20. The van der Waals surface area contributed by atoms with E-state index < -0.39 is 5.91 Å². The van der Waals surface area contributed by atoms with Crippen molar-refractivity contribution in [3.8, 4) is 0 Å². The monoisotopic (exact) mass is 361 g/mol. The molecule has 8 heteroatoms. The van der Waals surface area contributed by atoms with Crippen LogP contribution in [0.15, 0.2) is 22.9 Å². The predicted octanol–water partition coefficient (Wildman–Crippen LogP) is 3.12. The number of fused-ring (bicyclic) bond motifs is 1. The number of carbonyl (C=O) groups is 1. The summed E-state index contributed by atoms with van der Waals surface area (Å²) in [6, 6.07) is 3.43. The number of hydrogen-bond acceptors (Lipinski definition) is 4. The van der Waals surface area contributed by atoms with Crippen molar-refractivity contribution in [3.63, 3.8) is 0 Å². The van der Waals surface area contributed by atoms with Crippen LogP contribution in [0.4, 0.5) is 10.1 Å². The number of aryl methyl sites for hydroxylation is 1. The maximum atomic E-state index is 14.5. The van der Waals surface area contributed by atoms with E-state index in [1.165, 1.54) is 6.39 Å². The molecule has 0 spiro atoms. The lowest BCUT2D eigenvalue weighted by Crippen LogP contribution is -2.25. The normalized spacial score (nSPS) is 12.6. The summed E-state index contributed by atoms with van der Waals surface area (Å²) in [5, 5.41) is 5.77. The summed E-state index contributed by atoms with van der Waals surface area (Å²) in [5.74, 6) is -0.313. The summed E-state index contributed by atoms with van der Waals surface area (Å²) < 4.78 is 19.6. The van der Waals surface area contributed by atoms with Gasteiger partial charge in [0, 0.05) is 13.0 Å². The molecule has 1 aliphatic heterocycles. The number of oxazole rings is 1. The van der Waals surface area contributed by atoms with Crippen LogP contribution in [0.3, 0.4) is 0 Å². The number of aromatic nitrogens is 1. The quantitative estimate of drug-likeness (QED) is 0.881. The summed E-state index contributed by atoms with van der Waals surface area (Å²) in [5.41, 5.74) is 2.00. The van der Waals surface area contributed by atoms with E-state index in [9.17, 15) is 9.18 Å². The van der Waals surface area contributed by atoms with Crippen molar-refractivity contribution in [2.45, 2.75) is 26.3 Å². The van der Waals surface area contributed by atoms with Gasteiger partial charge in [-0.3, -0.25) is 4.79 Å². The first-order chi connectivity index (χ1) is 10.2. The Morgan fingerprint density at radius 3 is 2.96 bits per heavy atom. The van der Waals surface area contributed by atoms with Gasteiger partial charge in [0.05, 0.1) is 5.69 Å². The maximum Gasteiger partial charge on any atom is 0.277 e. The summed E-state index contributed by atoms with van der Waals surface area (Å²) in [7, 11) is 0. The first kappa shape index (κ1) is 19.4. The third-order valence-electron chi connectivity index (χ3n) is 3.63. The molecule has 2 heterocycles. The molecule has 1 aromatic carbocycles. The standard InChI is InChI=1S/C15H16FN3O2.2ClH/c1-2-12-14(18-8-21-12)15(20)19-11-4-3-9-7-17-6-5-10(9)13(11)16;;/h3-4,8,17H,2,5-7H2,1H3,(H,19,20);2*1H. The molecule has 2 N–H and O–H groups in total. The molecule has 3 rings (SSSR count). The first-order valence-corrected chi connectivity index (χ1v) is 6.95. The number of nitrogens with zero attached hydrogens (tertiary/aromatic N) is 1. The highest BCUT2D eigenvalue weighted by Crippen LogP contribution is 2.25. The largest absolute Gasteiger partial charge is 0.448 e.